The van der Waals surface area contributed by atoms with Crippen molar-refractivity contribution in [2.45, 2.75) is 19.4 Å². The SMILES string of the molecule is CC(CC#N)n1ccnc1C#N. The first kappa shape index (κ1) is 8.29. The lowest BCUT2D eigenvalue weighted by molar-refractivity contribution is 0.553. The number of nitrogens with zero attached hydrogens (tertiary/aromatic N) is 4. The molecule has 0 saturated carbocycles. The van der Waals surface area contributed by atoms with Crippen molar-refractivity contribution in [1.29, 1.82) is 10.5 Å². The van der Waals surface area contributed by atoms with Crippen LogP contribution in [0.2, 0.25) is 0 Å². The van der Waals surface area contributed by atoms with E-state index in [0.29, 0.717) is 12.2 Å². The van der Waals surface area contributed by atoms with Crippen molar-refractivity contribution in [3.8, 4) is 12.1 Å². The van der Waals surface area contributed by atoms with Gasteiger partial charge in [-0.3, -0.25) is 0 Å². The third-order valence-corrected chi connectivity index (χ3v) is 1.63. The van der Waals surface area contributed by atoms with Crippen molar-refractivity contribution < 1.29 is 0 Å². The van der Waals surface area contributed by atoms with Gasteiger partial charge in [0.2, 0.25) is 5.82 Å². The number of hydrogen-bond acceptors (Lipinski definition) is 3. The molecule has 0 amide bonds. The van der Waals surface area contributed by atoms with Crippen LogP contribution >= 0.6 is 0 Å². The van der Waals surface area contributed by atoms with Crippen LogP contribution in [-0.4, -0.2) is 9.55 Å². The number of aromatic nitrogens is 2. The molecule has 1 aromatic rings. The van der Waals surface area contributed by atoms with Gasteiger partial charge >= 0.3 is 0 Å². The summed E-state index contributed by atoms with van der Waals surface area (Å²) in [5, 5.41) is 17.0. The van der Waals surface area contributed by atoms with E-state index in [2.05, 4.69) is 4.98 Å². The average molecular weight is 160 g/mol. The van der Waals surface area contributed by atoms with E-state index in [-0.39, 0.29) is 6.04 Å². The molecule has 0 saturated heterocycles. The van der Waals surface area contributed by atoms with Crippen LogP contribution in [0, 0.1) is 22.7 Å². The molecule has 0 aliphatic carbocycles. The third kappa shape index (κ3) is 1.43. The van der Waals surface area contributed by atoms with Gasteiger partial charge in [0.1, 0.15) is 6.07 Å². The molecule has 1 unspecified atom stereocenters. The van der Waals surface area contributed by atoms with E-state index < -0.39 is 0 Å². The van der Waals surface area contributed by atoms with Crippen LogP contribution in [0.5, 0.6) is 0 Å². The molecule has 60 valence electrons. The largest absolute Gasteiger partial charge is 0.319 e. The summed E-state index contributed by atoms with van der Waals surface area (Å²) in [7, 11) is 0. The summed E-state index contributed by atoms with van der Waals surface area (Å²) in [5.74, 6) is 0.359. The molecule has 1 atom stereocenters. The van der Waals surface area contributed by atoms with Gasteiger partial charge < -0.3 is 4.57 Å². The summed E-state index contributed by atoms with van der Waals surface area (Å²) in [4.78, 5) is 3.83. The van der Waals surface area contributed by atoms with Crippen LogP contribution in [-0.2, 0) is 0 Å². The van der Waals surface area contributed by atoms with Gasteiger partial charge in [0, 0.05) is 18.4 Å². The monoisotopic (exact) mass is 160 g/mol. The Balaban J connectivity index is 2.89. The second kappa shape index (κ2) is 3.54. The van der Waals surface area contributed by atoms with Gasteiger partial charge in [-0.25, -0.2) is 4.98 Å². The molecule has 0 aliphatic heterocycles. The molecule has 0 radical (unpaired) electrons. The fraction of sp³-hybridized carbons (Fsp3) is 0.375. The zero-order chi connectivity index (χ0) is 8.97. The predicted molar refractivity (Wildman–Crippen MR) is 41.9 cm³/mol. The Morgan fingerprint density at radius 3 is 3.00 bits per heavy atom. The molecular formula is C8H8N4. The van der Waals surface area contributed by atoms with Crippen molar-refractivity contribution in [1.82, 2.24) is 9.55 Å². The summed E-state index contributed by atoms with van der Waals surface area (Å²) >= 11 is 0. The van der Waals surface area contributed by atoms with Crippen LogP contribution in [0.15, 0.2) is 12.4 Å². The Labute approximate surface area is 70.7 Å². The van der Waals surface area contributed by atoms with Crippen molar-refractivity contribution in [3.05, 3.63) is 18.2 Å². The Kier molecular flexibility index (Phi) is 2.45. The van der Waals surface area contributed by atoms with Crippen molar-refractivity contribution in [2.75, 3.05) is 0 Å². The lowest BCUT2D eigenvalue weighted by atomic mass is 10.2. The fourth-order valence-corrected chi connectivity index (χ4v) is 0.986. The smallest absolute Gasteiger partial charge is 0.212 e. The van der Waals surface area contributed by atoms with Gasteiger partial charge in [-0.15, -0.1) is 0 Å². The molecule has 0 bridgehead atoms. The van der Waals surface area contributed by atoms with Crippen LogP contribution < -0.4 is 0 Å². The van der Waals surface area contributed by atoms with Crippen molar-refractivity contribution >= 4 is 0 Å². The number of nitriles is 2. The van der Waals surface area contributed by atoms with Gasteiger partial charge in [-0.2, -0.15) is 10.5 Å². The van der Waals surface area contributed by atoms with E-state index in [0.717, 1.165) is 0 Å². The molecule has 0 aromatic carbocycles. The van der Waals surface area contributed by atoms with Gasteiger partial charge in [0.25, 0.3) is 0 Å². The highest BCUT2D eigenvalue weighted by atomic mass is 15.1. The second-order valence-electron chi connectivity index (χ2n) is 2.48. The van der Waals surface area contributed by atoms with E-state index in [1.54, 1.807) is 17.0 Å². The number of imidazole rings is 1. The zero-order valence-electron chi connectivity index (χ0n) is 6.73. The standard InChI is InChI=1S/C8H8N4/c1-7(2-3-9)12-5-4-11-8(12)6-10/h4-5,7H,2H2,1H3. The molecule has 1 rings (SSSR count). The van der Waals surface area contributed by atoms with E-state index in [1.165, 1.54) is 0 Å². The van der Waals surface area contributed by atoms with Gasteiger partial charge in [-0.1, -0.05) is 0 Å². The maximum atomic E-state index is 8.61. The van der Waals surface area contributed by atoms with Crippen LogP contribution in [0.1, 0.15) is 25.2 Å². The van der Waals surface area contributed by atoms with E-state index in [9.17, 15) is 0 Å². The minimum Gasteiger partial charge on any atom is -0.319 e. The molecule has 0 N–H and O–H groups in total. The normalized spacial score (nSPS) is 11.6. The molecule has 0 spiro atoms. The number of rotatable bonds is 2. The Hall–Kier alpha value is -1.81. The topological polar surface area (TPSA) is 65.4 Å². The molecular weight excluding hydrogens is 152 g/mol. The summed E-state index contributed by atoms with van der Waals surface area (Å²) in [5.41, 5.74) is 0. The minimum atomic E-state index is 0.0205. The predicted octanol–water partition coefficient (Wildman–Crippen LogP) is 1.23. The maximum Gasteiger partial charge on any atom is 0.212 e. The maximum absolute atomic E-state index is 8.61. The molecule has 0 aliphatic rings. The Morgan fingerprint density at radius 1 is 1.67 bits per heavy atom. The Bertz CT molecular complexity index is 339. The summed E-state index contributed by atoms with van der Waals surface area (Å²) in [6.07, 6.45) is 3.66. The summed E-state index contributed by atoms with van der Waals surface area (Å²) in [6, 6.07) is 4.03. The van der Waals surface area contributed by atoms with Crippen molar-refractivity contribution in [2.24, 2.45) is 0 Å². The Morgan fingerprint density at radius 2 is 2.42 bits per heavy atom. The molecule has 1 heterocycles. The fourth-order valence-electron chi connectivity index (χ4n) is 0.986. The minimum absolute atomic E-state index is 0.0205. The molecule has 4 nitrogen and oxygen atoms in total. The molecule has 12 heavy (non-hydrogen) atoms. The van der Waals surface area contributed by atoms with Gasteiger partial charge in [0.05, 0.1) is 12.5 Å². The average Bonchev–Trinajstić information content (AvgIpc) is 2.51. The zero-order valence-corrected chi connectivity index (χ0v) is 6.73. The second-order valence-corrected chi connectivity index (χ2v) is 2.48. The summed E-state index contributed by atoms with van der Waals surface area (Å²) < 4.78 is 1.70. The van der Waals surface area contributed by atoms with Gasteiger partial charge in [0.15, 0.2) is 0 Å². The first-order valence-corrected chi connectivity index (χ1v) is 3.59. The van der Waals surface area contributed by atoms with Crippen LogP contribution in [0.3, 0.4) is 0 Å². The first-order valence-electron chi connectivity index (χ1n) is 3.59. The highest BCUT2D eigenvalue weighted by Gasteiger charge is 2.07. The molecule has 1 aromatic heterocycles. The highest BCUT2D eigenvalue weighted by molar-refractivity contribution is 5.12. The highest BCUT2D eigenvalue weighted by Crippen LogP contribution is 2.11. The van der Waals surface area contributed by atoms with E-state index in [4.69, 9.17) is 10.5 Å². The quantitative estimate of drug-likeness (QED) is 0.653. The lowest BCUT2D eigenvalue weighted by Crippen LogP contribution is -2.05. The number of hydrogen-bond donors (Lipinski definition) is 0. The summed E-state index contributed by atoms with van der Waals surface area (Å²) in [6.45, 7) is 1.88. The van der Waals surface area contributed by atoms with E-state index in [1.807, 2.05) is 19.1 Å². The molecule has 0 fully saturated rings. The van der Waals surface area contributed by atoms with Gasteiger partial charge in [-0.05, 0) is 6.92 Å². The van der Waals surface area contributed by atoms with E-state index >= 15 is 0 Å². The molecule has 4 heteroatoms. The van der Waals surface area contributed by atoms with Crippen molar-refractivity contribution in [3.63, 3.8) is 0 Å². The van der Waals surface area contributed by atoms with Crippen LogP contribution in [0.25, 0.3) is 0 Å². The third-order valence-electron chi connectivity index (χ3n) is 1.63. The lowest BCUT2D eigenvalue weighted by Gasteiger charge is -2.08. The van der Waals surface area contributed by atoms with Crippen LogP contribution in [0.4, 0.5) is 0 Å². The first-order chi connectivity index (χ1) is 5.79.